The highest BCUT2D eigenvalue weighted by Crippen LogP contribution is 2.54. The van der Waals surface area contributed by atoms with E-state index in [1.165, 1.54) is 57.2 Å². The molecule has 0 spiro atoms. The number of aliphatic hydroxyl groups excluding tert-OH is 1. The van der Waals surface area contributed by atoms with Crippen LogP contribution in [0.4, 0.5) is 0 Å². The number of hydrogen-bond acceptors (Lipinski definition) is 14. The fourth-order valence-electron chi connectivity index (χ4n) is 7.45. The summed E-state index contributed by atoms with van der Waals surface area (Å²) in [5, 5.41) is 36.7. The molecule has 0 aromatic heterocycles. The minimum absolute atomic E-state index is 0.000709. The van der Waals surface area contributed by atoms with Crippen LogP contribution in [-0.4, -0.2) is 105 Å². The summed E-state index contributed by atoms with van der Waals surface area (Å²) in [6, 6.07) is 15.0. The van der Waals surface area contributed by atoms with Gasteiger partial charge in [-0.2, -0.15) is 0 Å². The van der Waals surface area contributed by atoms with Crippen LogP contribution in [0.25, 0.3) is 0 Å². The molecule has 5 rings (SSSR count). The number of aliphatic hydroxyl groups is 3. The van der Waals surface area contributed by atoms with E-state index in [0.717, 1.165) is 20.8 Å². The average molecular weight is 723 g/mol. The Balaban J connectivity index is 1.80. The zero-order valence-electron chi connectivity index (χ0n) is 29.5. The van der Waals surface area contributed by atoms with Gasteiger partial charge in [0.05, 0.1) is 34.7 Å². The van der Waals surface area contributed by atoms with Gasteiger partial charge in [-0.15, -0.1) is 0 Å². The Morgan fingerprint density at radius 2 is 1.23 bits per heavy atom. The summed E-state index contributed by atoms with van der Waals surface area (Å²) in [5.41, 5.74) is -7.72. The highest BCUT2D eigenvalue weighted by atomic mass is 16.6. The van der Waals surface area contributed by atoms with E-state index in [9.17, 15) is 44.1 Å². The summed E-state index contributed by atoms with van der Waals surface area (Å²) >= 11 is 0. The summed E-state index contributed by atoms with van der Waals surface area (Å²) in [6.45, 7) is 11.3. The Kier molecular flexibility index (Phi) is 10.4. The van der Waals surface area contributed by atoms with Gasteiger partial charge in [-0.25, -0.2) is 9.59 Å². The minimum Gasteiger partial charge on any atom is -0.459 e. The Morgan fingerprint density at radius 3 is 1.71 bits per heavy atom. The standard InChI is InChI=1S/C38H42O14/c1-18-26(51-33(44)22-14-10-8-11-15-22)24-31(48-20(3)39)37(7,46)35(49-21(4)40)38(24,47)29(42)19(2)28-32(50-28)36(5,6)30(43)25(41)27(18)52-34(45)23-16-12-9-13-17-23/h8-17,19,24-28,31-32,35,41,46-47H,1H2,2-7H3/t19-,24-,25+,26-,27-,28-,31+,32+,35-,37-,38+/m0/s1. The predicted octanol–water partition coefficient (Wildman–Crippen LogP) is 1.91. The highest BCUT2D eigenvalue weighted by molar-refractivity contribution is 5.95. The molecule has 2 aromatic carbocycles. The van der Waals surface area contributed by atoms with E-state index in [1.54, 1.807) is 24.3 Å². The number of carbonyl (C=O) groups is 6. The predicted molar refractivity (Wildman–Crippen MR) is 178 cm³/mol. The molecule has 1 saturated heterocycles. The van der Waals surface area contributed by atoms with Crippen LogP contribution in [0.15, 0.2) is 72.8 Å². The third-order valence-electron chi connectivity index (χ3n) is 10.2. The van der Waals surface area contributed by atoms with Crippen molar-refractivity contribution >= 4 is 35.4 Å². The Morgan fingerprint density at radius 1 is 0.750 bits per heavy atom. The molecule has 0 radical (unpaired) electrons. The van der Waals surface area contributed by atoms with E-state index in [2.05, 4.69) is 6.58 Å². The van der Waals surface area contributed by atoms with Crippen molar-refractivity contribution in [3.63, 3.8) is 0 Å². The molecular weight excluding hydrogens is 680 g/mol. The zero-order chi connectivity index (χ0) is 38.5. The molecule has 52 heavy (non-hydrogen) atoms. The van der Waals surface area contributed by atoms with Gasteiger partial charge >= 0.3 is 23.9 Å². The van der Waals surface area contributed by atoms with Gasteiger partial charge in [0.15, 0.2) is 35.5 Å². The van der Waals surface area contributed by atoms with Gasteiger partial charge in [0.1, 0.15) is 17.8 Å². The van der Waals surface area contributed by atoms with Gasteiger partial charge in [-0.05, 0) is 31.2 Å². The van der Waals surface area contributed by atoms with Crippen molar-refractivity contribution in [3.8, 4) is 0 Å². The fraction of sp³-hybridized carbons (Fsp3) is 0.474. The number of carbonyl (C=O) groups excluding carboxylic acids is 6. The SMILES string of the molecule is C=C1[C@H](OC(=O)c2ccccc2)[C@H]2[C@@H](OC(C)=O)[C@](C)(O)[C@H](OC(C)=O)[C@]2(O)C(=O)[C@@H](C)[C@@H]2O[C@H]2C(C)(C)C(=O)[C@H](O)[C@H]1OC(=O)c1ccccc1. The van der Waals surface area contributed by atoms with Crippen LogP contribution in [0.3, 0.4) is 0 Å². The second kappa shape index (κ2) is 14.0. The van der Waals surface area contributed by atoms with Gasteiger partial charge in [-0.1, -0.05) is 63.7 Å². The van der Waals surface area contributed by atoms with Crippen molar-refractivity contribution in [1.82, 2.24) is 0 Å². The molecule has 3 aliphatic rings. The van der Waals surface area contributed by atoms with Gasteiger partial charge in [0.25, 0.3) is 0 Å². The lowest BCUT2D eigenvalue weighted by molar-refractivity contribution is -0.193. The first-order valence-electron chi connectivity index (χ1n) is 16.7. The fourth-order valence-corrected chi connectivity index (χ4v) is 7.45. The third-order valence-corrected chi connectivity index (χ3v) is 10.2. The maximum atomic E-state index is 14.8. The molecular formula is C38H42O14. The zero-order valence-corrected chi connectivity index (χ0v) is 29.5. The Hall–Kier alpha value is -4.76. The Labute approximate surface area is 299 Å². The van der Waals surface area contributed by atoms with Crippen molar-refractivity contribution < 1.29 is 67.8 Å². The maximum Gasteiger partial charge on any atom is 0.338 e. The summed E-state index contributed by atoms with van der Waals surface area (Å²) in [4.78, 5) is 81.5. The van der Waals surface area contributed by atoms with Crippen LogP contribution in [0.2, 0.25) is 0 Å². The summed E-state index contributed by atoms with van der Waals surface area (Å²) < 4.78 is 28.6. The van der Waals surface area contributed by atoms with Crippen LogP contribution in [-0.2, 0) is 42.9 Å². The van der Waals surface area contributed by atoms with Crippen LogP contribution in [0.1, 0.15) is 62.3 Å². The van der Waals surface area contributed by atoms with E-state index >= 15 is 0 Å². The van der Waals surface area contributed by atoms with Crippen LogP contribution in [0, 0.1) is 17.3 Å². The molecule has 3 fully saturated rings. The monoisotopic (exact) mass is 722 g/mol. The number of benzene rings is 2. The lowest BCUT2D eigenvalue weighted by Gasteiger charge is -2.41. The smallest absolute Gasteiger partial charge is 0.338 e. The van der Waals surface area contributed by atoms with Crippen molar-refractivity contribution in [3.05, 3.63) is 83.9 Å². The molecule has 1 heterocycles. The minimum atomic E-state index is -3.04. The molecule has 0 bridgehead atoms. The van der Waals surface area contributed by atoms with Crippen molar-refractivity contribution in [1.29, 1.82) is 0 Å². The van der Waals surface area contributed by atoms with E-state index in [0.29, 0.717) is 0 Å². The molecule has 14 heteroatoms. The van der Waals surface area contributed by atoms with Crippen molar-refractivity contribution in [2.75, 3.05) is 0 Å². The molecule has 2 aromatic rings. The molecule has 1 aliphatic heterocycles. The first-order valence-corrected chi connectivity index (χ1v) is 16.7. The van der Waals surface area contributed by atoms with Crippen LogP contribution < -0.4 is 0 Å². The van der Waals surface area contributed by atoms with E-state index in [4.69, 9.17) is 23.7 Å². The van der Waals surface area contributed by atoms with Crippen LogP contribution >= 0.6 is 0 Å². The molecule has 0 unspecified atom stereocenters. The third kappa shape index (κ3) is 6.67. The largest absolute Gasteiger partial charge is 0.459 e. The molecule has 14 nitrogen and oxygen atoms in total. The average Bonchev–Trinajstić information content (AvgIpc) is 3.90. The quantitative estimate of drug-likeness (QED) is 0.168. The number of ether oxygens (including phenoxy) is 5. The second-order valence-corrected chi connectivity index (χ2v) is 14.3. The number of ketones is 2. The molecule has 2 saturated carbocycles. The number of hydrogen-bond donors (Lipinski definition) is 3. The highest BCUT2D eigenvalue weighted by Gasteiger charge is 2.76. The molecule has 2 aliphatic carbocycles. The number of fused-ring (bicyclic) bond motifs is 2. The molecule has 3 N–H and O–H groups in total. The van der Waals surface area contributed by atoms with Crippen LogP contribution in [0.5, 0.6) is 0 Å². The van der Waals surface area contributed by atoms with Crippen molar-refractivity contribution in [2.45, 2.75) is 95.5 Å². The topological polar surface area (TPSA) is 213 Å². The van der Waals surface area contributed by atoms with E-state index in [1.807, 2.05) is 0 Å². The molecule has 0 amide bonds. The van der Waals surface area contributed by atoms with Gasteiger partial charge in [0, 0.05) is 25.3 Å². The first kappa shape index (κ1) is 38.5. The van der Waals surface area contributed by atoms with E-state index < -0.39 is 112 Å². The van der Waals surface area contributed by atoms with Crippen molar-refractivity contribution in [2.24, 2.45) is 17.3 Å². The summed E-state index contributed by atoms with van der Waals surface area (Å²) in [6.07, 6.45) is -12.5. The van der Waals surface area contributed by atoms with Gasteiger partial charge in [-0.3, -0.25) is 19.2 Å². The Bertz CT molecular complexity index is 1770. The lowest BCUT2D eigenvalue weighted by Crippen LogP contribution is -2.62. The molecule has 11 atom stereocenters. The summed E-state index contributed by atoms with van der Waals surface area (Å²) in [7, 11) is 0. The maximum absolute atomic E-state index is 14.8. The van der Waals surface area contributed by atoms with Gasteiger partial charge < -0.3 is 39.0 Å². The van der Waals surface area contributed by atoms with Gasteiger partial charge in [0.2, 0.25) is 0 Å². The second-order valence-electron chi connectivity index (χ2n) is 14.3. The lowest BCUT2D eigenvalue weighted by atomic mass is 9.70. The summed E-state index contributed by atoms with van der Waals surface area (Å²) in [5.74, 6) is -9.49. The first-order chi connectivity index (χ1) is 24.3. The number of esters is 4. The van der Waals surface area contributed by atoms with E-state index in [-0.39, 0.29) is 11.1 Å². The number of Topliss-reactive ketones (excluding diaryl/α,β-unsaturated/α-hetero) is 2. The number of epoxide rings is 1. The molecule has 278 valence electrons. The number of rotatable bonds is 6. The normalized spacial score (nSPS) is 35.5.